The Kier molecular flexibility index (Phi) is 2.20. The summed E-state index contributed by atoms with van der Waals surface area (Å²) in [5.41, 5.74) is -3.35. The molecule has 5 heteroatoms. The molecule has 0 aliphatic carbocycles. The van der Waals surface area contributed by atoms with E-state index in [1.165, 1.54) is 0 Å². The third kappa shape index (κ3) is 36.8. The van der Waals surface area contributed by atoms with E-state index in [9.17, 15) is 4.11 Å². The SMILES string of the molecule is F[Si](Cl)(Cl)Br. The van der Waals surface area contributed by atoms with Gasteiger partial charge in [-0.3, -0.25) is 4.11 Å². The number of hydrogen-bond donors (Lipinski definition) is 0. The van der Waals surface area contributed by atoms with Crippen LogP contribution < -0.4 is 0 Å². The van der Waals surface area contributed by atoms with Gasteiger partial charge < -0.3 is 0 Å². The lowest BCUT2D eigenvalue weighted by Crippen LogP contribution is -1.93. The highest BCUT2D eigenvalue weighted by molar-refractivity contribution is 9.28. The molecule has 0 saturated heterocycles. The Bertz CT molecular complexity index is 25.1. The van der Waals surface area contributed by atoms with Gasteiger partial charge in [-0.1, -0.05) is 37.5 Å². The molecule has 5 heavy (non-hydrogen) atoms. The smallest absolute Gasteiger partial charge is 0.258 e. The van der Waals surface area contributed by atoms with Crippen molar-refractivity contribution in [2.24, 2.45) is 0 Å². The van der Waals surface area contributed by atoms with Crippen LogP contribution in [0.15, 0.2) is 0 Å². The molecule has 0 atom stereocenters. The fraction of sp³-hybridized carbons (Fsp3) is 0. The van der Waals surface area contributed by atoms with Gasteiger partial charge in [0.15, 0.2) is 0 Å². The summed E-state index contributed by atoms with van der Waals surface area (Å²) in [7, 11) is 0. The lowest BCUT2D eigenvalue weighted by Gasteiger charge is -1.84. The van der Waals surface area contributed by atoms with Gasteiger partial charge in [0.25, 0.3) is 0 Å². The summed E-state index contributed by atoms with van der Waals surface area (Å²) in [6.45, 7) is 0. The predicted molar refractivity (Wildman–Crippen MR) is 27.5 cm³/mol. The van der Waals surface area contributed by atoms with Gasteiger partial charge in [-0.15, -0.1) is 0 Å². The molecule has 0 aromatic heterocycles. The Morgan fingerprint density at radius 3 is 1.60 bits per heavy atom. The molecule has 0 unspecified atom stereocenters. The summed E-state index contributed by atoms with van der Waals surface area (Å²) in [5, 5.41) is 0. The van der Waals surface area contributed by atoms with E-state index in [0.29, 0.717) is 0 Å². The minimum absolute atomic E-state index is 2.38. The van der Waals surface area contributed by atoms with Gasteiger partial charge in [0, 0.05) is 0 Å². The third-order valence-corrected chi connectivity index (χ3v) is 0. The summed E-state index contributed by atoms with van der Waals surface area (Å²) in [4.78, 5) is 0. The molecular weight excluding hydrogens is 198 g/mol. The summed E-state index contributed by atoms with van der Waals surface area (Å²) in [5.74, 6) is 0. The highest BCUT2D eigenvalue weighted by atomic mass is 79.9. The first-order valence-electron chi connectivity index (χ1n) is 0.756. The Labute approximate surface area is 47.4 Å². The molecule has 0 nitrogen and oxygen atoms in total. The Morgan fingerprint density at radius 2 is 1.60 bits per heavy atom. The van der Waals surface area contributed by atoms with Crippen LogP contribution in [0.25, 0.3) is 0 Å². The lowest BCUT2D eigenvalue weighted by atomic mass is 18.9. The van der Waals surface area contributed by atoms with Crippen molar-refractivity contribution < 1.29 is 4.11 Å². The van der Waals surface area contributed by atoms with Crippen molar-refractivity contribution >= 4 is 43.1 Å². The Balaban J connectivity index is 3.02. The molecule has 0 aliphatic rings. The third-order valence-electron chi connectivity index (χ3n) is 0. The fourth-order valence-electron chi connectivity index (χ4n) is 0. The van der Waals surface area contributed by atoms with Crippen molar-refractivity contribution in [2.75, 3.05) is 0 Å². The molecule has 0 saturated carbocycles. The van der Waals surface area contributed by atoms with Crippen molar-refractivity contribution in [3.63, 3.8) is 0 Å². The highest BCUT2D eigenvalue weighted by Gasteiger charge is 2.22. The van der Waals surface area contributed by atoms with E-state index in [1.807, 2.05) is 0 Å². The average molecular weight is 198 g/mol. The van der Waals surface area contributed by atoms with Crippen molar-refractivity contribution in [3.8, 4) is 0 Å². The van der Waals surface area contributed by atoms with Crippen LogP contribution in [0.3, 0.4) is 0 Å². The van der Waals surface area contributed by atoms with Crippen molar-refractivity contribution in [1.29, 1.82) is 0 Å². The van der Waals surface area contributed by atoms with Gasteiger partial charge in [-0.05, 0) is 0 Å². The van der Waals surface area contributed by atoms with Crippen molar-refractivity contribution in [3.05, 3.63) is 0 Å². The van der Waals surface area contributed by atoms with E-state index < -0.39 is 5.65 Å². The van der Waals surface area contributed by atoms with Crippen LogP contribution in [0.1, 0.15) is 0 Å². The molecule has 0 bridgehead atoms. The molecule has 0 heterocycles. The van der Waals surface area contributed by atoms with E-state index in [1.54, 1.807) is 0 Å². The van der Waals surface area contributed by atoms with Crippen LogP contribution >= 0.6 is 37.5 Å². The Hall–Kier alpha value is 1.21. The molecule has 0 radical (unpaired) electrons. The second-order valence-corrected chi connectivity index (χ2v) is 11.0. The normalized spacial score (nSPS) is 12.0. The van der Waals surface area contributed by atoms with E-state index >= 15 is 0 Å². The zero-order valence-electron chi connectivity index (χ0n) is 2.01. The van der Waals surface area contributed by atoms with Gasteiger partial charge in [-0.2, -0.15) is 0 Å². The molecule has 0 aromatic carbocycles. The molecule has 32 valence electrons. The van der Waals surface area contributed by atoms with Crippen molar-refractivity contribution in [2.45, 2.75) is 0 Å². The number of rotatable bonds is 0. The van der Waals surface area contributed by atoms with Crippen LogP contribution in [-0.4, -0.2) is 5.65 Å². The molecule has 0 aliphatic heterocycles. The lowest BCUT2D eigenvalue weighted by molar-refractivity contribution is 0.878. The topological polar surface area (TPSA) is 0 Å². The maximum absolute atomic E-state index is 11.3. The van der Waals surface area contributed by atoms with Gasteiger partial charge >= 0.3 is 5.65 Å². The highest BCUT2D eigenvalue weighted by Crippen LogP contribution is 2.22. The van der Waals surface area contributed by atoms with Gasteiger partial charge in [0.05, 0.1) is 0 Å². The van der Waals surface area contributed by atoms with Gasteiger partial charge in [0.1, 0.15) is 0 Å². The van der Waals surface area contributed by atoms with E-state index in [4.69, 9.17) is 0 Å². The zero-order valence-corrected chi connectivity index (χ0v) is 6.11. The average Bonchev–Trinajstić information content (AvgIpc) is 0.722. The van der Waals surface area contributed by atoms with Crippen LogP contribution in [-0.2, 0) is 0 Å². The first-order chi connectivity index (χ1) is 2.00. The fourth-order valence-corrected chi connectivity index (χ4v) is 0. The molecule has 0 N–H and O–H groups in total. The van der Waals surface area contributed by atoms with E-state index in [-0.39, 0.29) is 0 Å². The van der Waals surface area contributed by atoms with Crippen LogP contribution in [0, 0.1) is 0 Å². The second kappa shape index (κ2) is 1.77. The quantitative estimate of drug-likeness (QED) is 0.413. The molecule has 0 amide bonds. The minimum Gasteiger partial charge on any atom is -0.258 e. The number of halogens is 4. The number of hydrogen-bond acceptors (Lipinski definition) is 0. The summed E-state index contributed by atoms with van der Waals surface area (Å²) < 4.78 is 11.3. The molecular formula is BrCl2FSi. The van der Waals surface area contributed by atoms with Gasteiger partial charge in [-0.25, -0.2) is 0 Å². The second-order valence-electron chi connectivity index (χ2n) is 0.429. The maximum atomic E-state index is 11.3. The maximum Gasteiger partial charge on any atom is 0.504 e. The molecule has 0 fully saturated rings. The van der Waals surface area contributed by atoms with Gasteiger partial charge in [0.2, 0.25) is 0 Å². The minimum atomic E-state index is -3.35. The van der Waals surface area contributed by atoms with E-state index in [0.717, 1.165) is 0 Å². The van der Waals surface area contributed by atoms with Crippen LogP contribution in [0.5, 0.6) is 0 Å². The molecule has 0 aromatic rings. The summed E-state index contributed by atoms with van der Waals surface area (Å²) in [6, 6.07) is 0. The van der Waals surface area contributed by atoms with Crippen LogP contribution in [0.4, 0.5) is 4.11 Å². The van der Waals surface area contributed by atoms with Crippen molar-refractivity contribution in [1.82, 2.24) is 0 Å². The predicted octanol–water partition coefficient (Wildman–Crippen LogP) is 2.26. The first-order valence-corrected chi connectivity index (χ1v) is 6.91. The van der Waals surface area contributed by atoms with Crippen LogP contribution in [0.2, 0.25) is 0 Å². The summed E-state index contributed by atoms with van der Waals surface area (Å²) >= 11 is 11.7. The standard InChI is InChI=1S/BrCl2FSi/c1-5(2,3)4. The first kappa shape index (κ1) is 6.21. The van der Waals surface area contributed by atoms with E-state index in [2.05, 4.69) is 37.5 Å². The monoisotopic (exact) mass is 196 g/mol. The summed E-state index contributed by atoms with van der Waals surface area (Å²) in [6.07, 6.45) is 0. The molecule has 0 rings (SSSR count). The largest absolute Gasteiger partial charge is 0.504 e. The zero-order chi connectivity index (χ0) is 4.50. The molecule has 0 spiro atoms. The Morgan fingerprint density at radius 1 is 1.60 bits per heavy atom.